The summed E-state index contributed by atoms with van der Waals surface area (Å²) in [4.78, 5) is 18.2. The van der Waals surface area contributed by atoms with E-state index in [1.165, 1.54) is 11.1 Å². The Morgan fingerprint density at radius 1 is 1.21 bits per heavy atom. The first-order chi connectivity index (χ1) is 14.1. The van der Waals surface area contributed by atoms with Crippen molar-refractivity contribution in [3.05, 3.63) is 67.6 Å². The van der Waals surface area contributed by atoms with Gasteiger partial charge in [0.05, 0.1) is 24.2 Å². The molecule has 0 saturated heterocycles. The van der Waals surface area contributed by atoms with Crippen LogP contribution in [-0.2, 0) is 0 Å². The van der Waals surface area contributed by atoms with Gasteiger partial charge in [0.1, 0.15) is 11.6 Å². The maximum absolute atomic E-state index is 13.3. The minimum absolute atomic E-state index is 0.172. The highest BCUT2D eigenvalue weighted by Gasteiger charge is 2.22. The van der Waals surface area contributed by atoms with Crippen LogP contribution < -0.4 is 10.3 Å². The summed E-state index contributed by atoms with van der Waals surface area (Å²) in [5.74, 6) is 1.59. The molecule has 7 heteroatoms. The summed E-state index contributed by atoms with van der Waals surface area (Å²) in [6, 6.07) is 10.9. The molecule has 0 spiro atoms. The number of aromatic nitrogens is 2. The Labute approximate surface area is 182 Å². The molecule has 150 valence electrons. The zero-order valence-corrected chi connectivity index (χ0v) is 18.4. The molecular weight excluding hydrogens is 454 g/mol. The number of hydrogen-bond donors (Lipinski definition) is 0. The van der Waals surface area contributed by atoms with Gasteiger partial charge in [-0.15, -0.1) is 0 Å². The molecule has 3 aromatic rings. The standard InChI is InChI=1S/C22H21BrClN3O2/c1-29-20-10-8-17(24)11-15(20)13-25-27-21(14-5-3-2-4-6-14)26-19-9-7-16(23)12-18(19)22(27)28/h7-14H,2-6H2,1H3. The maximum atomic E-state index is 13.3. The van der Waals surface area contributed by atoms with Crippen LogP contribution in [0.4, 0.5) is 0 Å². The summed E-state index contributed by atoms with van der Waals surface area (Å²) >= 11 is 9.58. The van der Waals surface area contributed by atoms with Crippen molar-refractivity contribution < 1.29 is 4.74 Å². The monoisotopic (exact) mass is 473 g/mol. The van der Waals surface area contributed by atoms with Gasteiger partial charge in [-0.2, -0.15) is 9.78 Å². The van der Waals surface area contributed by atoms with Crippen LogP contribution in [0.5, 0.6) is 5.75 Å². The van der Waals surface area contributed by atoms with Crippen molar-refractivity contribution in [3.8, 4) is 5.75 Å². The minimum atomic E-state index is -0.172. The van der Waals surface area contributed by atoms with Gasteiger partial charge in [0.2, 0.25) is 0 Å². The van der Waals surface area contributed by atoms with Crippen molar-refractivity contribution in [2.24, 2.45) is 5.10 Å². The first-order valence-electron chi connectivity index (χ1n) is 9.67. The Bertz CT molecular complexity index is 1140. The molecule has 1 aliphatic rings. The predicted molar refractivity (Wildman–Crippen MR) is 121 cm³/mol. The first-order valence-corrected chi connectivity index (χ1v) is 10.8. The summed E-state index contributed by atoms with van der Waals surface area (Å²) in [7, 11) is 1.59. The molecule has 1 heterocycles. The number of rotatable bonds is 4. The van der Waals surface area contributed by atoms with Crippen molar-refractivity contribution in [2.75, 3.05) is 7.11 Å². The zero-order chi connectivity index (χ0) is 20.4. The third-order valence-electron chi connectivity index (χ3n) is 5.31. The molecule has 2 aromatic carbocycles. The van der Waals surface area contributed by atoms with Crippen LogP contribution in [0.3, 0.4) is 0 Å². The third-order valence-corrected chi connectivity index (χ3v) is 6.04. The Balaban J connectivity index is 1.88. The highest BCUT2D eigenvalue weighted by atomic mass is 79.9. The van der Waals surface area contributed by atoms with E-state index < -0.39 is 0 Å². The van der Waals surface area contributed by atoms with Crippen molar-refractivity contribution in [1.82, 2.24) is 9.66 Å². The van der Waals surface area contributed by atoms with Gasteiger partial charge in [0.15, 0.2) is 0 Å². The fourth-order valence-corrected chi connectivity index (χ4v) is 4.37. The van der Waals surface area contributed by atoms with E-state index in [-0.39, 0.29) is 11.5 Å². The molecule has 1 fully saturated rings. The number of halogens is 2. The van der Waals surface area contributed by atoms with Crippen LogP contribution in [0.1, 0.15) is 49.4 Å². The lowest BCUT2D eigenvalue weighted by atomic mass is 9.88. The summed E-state index contributed by atoms with van der Waals surface area (Å²) in [5, 5.41) is 5.66. The van der Waals surface area contributed by atoms with Crippen molar-refractivity contribution in [2.45, 2.75) is 38.0 Å². The number of methoxy groups -OCH3 is 1. The van der Waals surface area contributed by atoms with E-state index in [1.54, 1.807) is 37.6 Å². The van der Waals surface area contributed by atoms with E-state index in [9.17, 15) is 4.79 Å². The van der Waals surface area contributed by atoms with Gasteiger partial charge in [-0.1, -0.05) is 46.8 Å². The molecule has 29 heavy (non-hydrogen) atoms. The van der Waals surface area contributed by atoms with E-state index in [1.807, 2.05) is 12.1 Å². The van der Waals surface area contributed by atoms with E-state index in [0.717, 1.165) is 36.0 Å². The zero-order valence-electron chi connectivity index (χ0n) is 16.1. The summed E-state index contributed by atoms with van der Waals surface area (Å²) in [5.41, 5.74) is 1.23. The highest BCUT2D eigenvalue weighted by Crippen LogP contribution is 2.32. The second-order valence-electron chi connectivity index (χ2n) is 7.21. The average Bonchev–Trinajstić information content (AvgIpc) is 2.74. The van der Waals surface area contributed by atoms with E-state index >= 15 is 0 Å². The van der Waals surface area contributed by atoms with Gasteiger partial charge in [-0.3, -0.25) is 4.79 Å². The Morgan fingerprint density at radius 3 is 2.76 bits per heavy atom. The summed E-state index contributed by atoms with van der Waals surface area (Å²) in [6.07, 6.45) is 7.17. The topological polar surface area (TPSA) is 56.5 Å². The largest absolute Gasteiger partial charge is 0.496 e. The fourth-order valence-electron chi connectivity index (χ4n) is 3.83. The van der Waals surface area contributed by atoms with Gasteiger partial charge in [0, 0.05) is 21.0 Å². The lowest BCUT2D eigenvalue weighted by molar-refractivity contribution is 0.413. The summed E-state index contributed by atoms with van der Waals surface area (Å²) < 4.78 is 7.68. The van der Waals surface area contributed by atoms with Crippen molar-refractivity contribution in [3.63, 3.8) is 0 Å². The van der Waals surface area contributed by atoms with Crippen LogP contribution in [0, 0.1) is 0 Å². The van der Waals surface area contributed by atoms with Gasteiger partial charge in [-0.25, -0.2) is 4.98 Å². The Morgan fingerprint density at radius 2 is 2.00 bits per heavy atom. The average molecular weight is 475 g/mol. The number of hydrogen-bond acceptors (Lipinski definition) is 4. The Kier molecular flexibility index (Phi) is 6.01. The van der Waals surface area contributed by atoms with Gasteiger partial charge < -0.3 is 4.74 Å². The molecule has 0 amide bonds. The molecule has 0 atom stereocenters. The molecule has 0 radical (unpaired) electrons. The van der Waals surface area contributed by atoms with Crippen molar-refractivity contribution in [1.29, 1.82) is 0 Å². The SMILES string of the molecule is COc1ccc(Cl)cc1C=Nn1c(C2CCCCC2)nc2ccc(Br)cc2c1=O. The van der Waals surface area contributed by atoms with Crippen LogP contribution >= 0.6 is 27.5 Å². The number of nitrogens with zero attached hydrogens (tertiary/aromatic N) is 3. The second-order valence-corrected chi connectivity index (χ2v) is 8.57. The minimum Gasteiger partial charge on any atom is -0.496 e. The van der Waals surface area contributed by atoms with E-state index in [2.05, 4.69) is 21.0 Å². The predicted octanol–water partition coefficient (Wildman–Crippen LogP) is 5.75. The molecule has 1 saturated carbocycles. The van der Waals surface area contributed by atoms with Crippen LogP contribution in [0.2, 0.25) is 5.02 Å². The molecule has 0 N–H and O–H groups in total. The maximum Gasteiger partial charge on any atom is 0.282 e. The lowest BCUT2D eigenvalue weighted by Gasteiger charge is -2.22. The Hall–Kier alpha value is -2.18. The van der Waals surface area contributed by atoms with Gasteiger partial charge in [-0.05, 0) is 49.2 Å². The molecule has 1 aromatic heterocycles. The van der Waals surface area contributed by atoms with E-state index in [4.69, 9.17) is 21.3 Å². The molecular formula is C22H21BrClN3O2. The number of ether oxygens (including phenoxy) is 1. The second kappa shape index (κ2) is 8.67. The molecule has 0 aliphatic heterocycles. The van der Waals surface area contributed by atoms with Gasteiger partial charge >= 0.3 is 0 Å². The van der Waals surface area contributed by atoms with Crippen molar-refractivity contribution >= 4 is 44.6 Å². The fraction of sp³-hybridized carbons (Fsp3) is 0.318. The van der Waals surface area contributed by atoms with Crippen LogP contribution in [-0.4, -0.2) is 23.0 Å². The molecule has 0 bridgehead atoms. The molecule has 0 unspecified atom stereocenters. The van der Waals surface area contributed by atoms with E-state index in [0.29, 0.717) is 27.2 Å². The summed E-state index contributed by atoms with van der Waals surface area (Å²) in [6.45, 7) is 0. The normalized spacial score (nSPS) is 15.3. The molecule has 1 aliphatic carbocycles. The van der Waals surface area contributed by atoms with Crippen LogP contribution in [0.25, 0.3) is 10.9 Å². The lowest BCUT2D eigenvalue weighted by Crippen LogP contribution is -2.25. The number of benzene rings is 2. The smallest absolute Gasteiger partial charge is 0.282 e. The first kappa shape index (κ1) is 20.1. The number of fused-ring (bicyclic) bond motifs is 1. The molecule has 4 rings (SSSR count). The van der Waals surface area contributed by atoms with Crippen LogP contribution in [0.15, 0.2) is 50.8 Å². The molecule has 5 nitrogen and oxygen atoms in total. The third kappa shape index (κ3) is 4.23. The quantitative estimate of drug-likeness (QED) is 0.452. The van der Waals surface area contributed by atoms with Gasteiger partial charge in [0.25, 0.3) is 5.56 Å². The highest BCUT2D eigenvalue weighted by molar-refractivity contribution is 9.10.